The molecular formula is C19H41NO6. The molecule has 7 nitrogen and oxygen atoms in total. The van der Waals surface area contributed by atoms with Gasteiger partial charge in [-0.25, -0.2) is 0 Å². The van der Waals surface area contributed by atoms with Crippen LogP contribution in [0.3, 0.4) is 0 Å². The molecule has 0 aliphatic heterocycles. The molecule has 0 heterocycles. The second-order valence-electron chi connectivity index (χ2n) is 6.45. The molecule has 0 aromatic heterocycles. The Hall–Kier alpha value is -0.280. The van der Waals surface area contributed by atoms with Gasteiger partial charge in [0, 0.05) is 13.2 Å². The fourth-order valence-corrected chi connectivity index (χ4v) is 1.75. The number of likely N-dealkylation sites (N-methyl/N-ethyl adjacent to an activating group) is 1. The Balaban J connectivity index is 3.01. The maximum absolute atomic E-state index is 5.51. The van der Waals surface area contributed by atoms with Crippen LogP contribution in [0, 0.1) is 5.92 Å². The smallest absolute Gasteiger partial charge is 0.0701 e. The summed E-state index contributed by atoms with van der Waals surface area (Å²) in [6.07, 6.45) is 1.15. The van der Waals surface area contributed by atoms with Crippen molar-refractivity contribution in [3.63, 3.8) is 0 Å². The lowest BCUT2D eigenvalue weighted by Crippen LogP contribution is -2.19. The van der Waals surface area contributed by atoms with E-state index >= 15 is 0 Å². The third-order valence-electron chi connectivity index (χ3n) is 3.64. The molecule has 0 rings (SSSR count). The molecule has 1 atom stereocenters. The lowest BCUT2D eigenvalue weighted by Gasteiger charge is -2.10. The summed E-state index contributed by atoms with van der Waals surface area (Å²) in [6.45, 7) is 12.8. The average Bonchev–Trinajstić information content (AvgIpc) is 2.63. The zero-order valence-electron chi connectivity index (χ0n) is 17.4. The number of nitrogens with zero attached hydrogens (tertiary/aromatic N) is 1. The van der Waals surface area contributed by atoms with E-state index in [9.17, 15) is 0 Å². The highest BCUT2D eigenvalue weighted by Crippen LogP contribution is 1.99. The first-order valence-electron chi connectivity index (χ1n) is 9.78. The van der Waals surface area contributed by atoms with Crippen LogP contribution in [0.2, 0.25) is 0 Å². The second-order valence-corrected chi connectivity index (χ2v) is 6.45. The van der Waals surface area contributed by atoms with Crippen molar-refractivity contribution in [1.29, 1.82) is 0 Å². The van der Waals surface area contributed by atoms with Gasteiger partial charge in [0.1, 0.15) is 0 Å². The summed E-state index contributed by atoms with van der Waals surface area (Å²) < 4.78 is 32.6. The number of hydrogen-bond acceptors (Lipinski definition) is 7. The van der Waals surface area contributed by atoms with Crippen molar-refractivity contribution < 1.29 is 28.4 Å². The zero-order valence-corrected chi connectivity index (χ0v) is 17.4. The Morgan fingerprint density at radius 1 is 0.577 bits per heavy atom. The first-order chi connectivity index (χ1) is 12.7. The molecule has 158 valence electrons. The van der Waals surface area contributed by atoms with Gasteiger partial charge in [-0.2, -0.15) is 0 Å². The molecular weight excluding hydrogens is 338 g/mol. The summed E-state index contributed by atoms with van der Waals surface area (Å²) in [4.78, 5) is 2.09. The third-order valence-corrected chi connectivity index (χ3v) is 3.64. The Morgan fingerprint density at radius 3 is 1.27 bits per heavy atom. The normalized spacial score (nSPS) is 12.8. The van der Waals surface area contributed by atoms with Crippen LogP contribution in [0.25, 0.3) is 0 Å². The molecule has 26 heavy (non-hydrogen) atoms. The lowest BCUT2D eigenvalue weighted by atomic mass is 10.1. The summed E-state index contributed by atoms with van der Waals surface area (Å²) in [5.41, 5.74) is 0. The molecule has 7 heteroatoms. The van der Waals surface area contributed by atoms with E-state index < -0.39 is 0 Å². The number of rotatable bonds is 21. The summed E-state index contributed by atoms with van der Waals surface area (Å²) in [5.74, 6) is 0.616. The van der Waals surface area contributed by atoms with Gasteiger partial charge in [-0.1, -0.05) is 20.3 Å². The van der Waals surface area contributed by atoms with Crippen LogP contribution >= 0.6 is 0 Å². The molecule has 0 aromatic rings. The summed E-state index contributed by atoms with van der Waals surface area (Å²) in [5, 5.41) is 0. The number of ether oxygens (including phenoxy) is 6. The minimum Gasteiger partial charge on any atom is -0.379 e. The van der Waals surface area contributed by atoms with Crippen LogP contribution in [0.15, 0.2) is 0 Å². The predicted octanol–water partition coefficient (Wildman–Crippen LogP) is 1.69. The predicted molar refractivity (Wildman–Crippen MR) is 103 cm³/mol. The molecule has 0 saturated carbocycles. The highest BCUT2D eigenvalue weighted by atomic mass is 16.6. The van der Waals surface area contributed by atoms with Gasteiger partial charge >= 0.3 is 0 Å². The highest BCUT2D eigenvalue weighted by Gasteiger charge is 1.98. The molecule has 0 fully saturated rings. The van der Waals surface area contributed by atoms with Gasteiger partial charge in [-0.05, 0) is 20.0 Å². The average molecular weight is 380 g/mol. The molecule has 0 bridgehead atoms. The van der Waals surface area contributed by atoms with E-state index in [1.165, 1.54) is 0 Å². The summed E-state index contributed by atoms with van der Waals surface area (Å²) in [6, 6.07) is 0. The quantitative estimate of drug-likeness (QED) is 0.281. The monoisotopic (exact) mass is 379 g/mol. The largest absolute Gasteiger partial charge is 0.379 e. The molecule has 0 N–H and O–H groups in total. The van der Waals surface area contributed by atoms with Crippen molar-refractivity contribution in [3.8, 4) is 0 Å². The van der Waals surface area contributed by atoms with Crippen molar-refractivity contribution in [1.82, 2.24) is 4.90 Å². The maximum Gasteiger partial charge on any atom is 0.0701 e. The van der Waals surface area contributed by atoms with Gasteiger partial charge in [-0.3, -0.25) is 0 Å². The van der Waals surface area contributed by atoms with Gasteiger partial charge in [-0.15, -0.1) is 0 Å². The van der Waals surface area contributed by atoms with E-state index in [-0.39, 0.29) is 0 Å². The van der Waals surface area contributed by atoms with E-state index in [0.29, 0.717) is 72.0 Å². The van der Waals surface area contributed by atoms with E-state index in [1.54, 1.807) is 0 Å². The molecule has 1 unspecified atom stereocenters. The Morgan fingerprint density at radius 2 is 0.923 bits per heavy atom. The van der Waals surface area contributed by atoms with E-state index in [0.717, 1.165) is 26.2 Å². The Kier molecular flexibility index (Phi) is 20.8. The lowest BCUT2D eigenvalue weighted by molar-refractivity contribution is -0.0185. The standard InChI is InChI=1S/C19H41NO6/c1-5-19(2)18-26-17-16-25-15-14-24-13-12-23-11-10-22-9-8-21-7-6-20(3)4/h19H,5-18H2,1-4H3. The van der Waals surface area contributed by atoms with Gasteiger partial charge < -0.3 is 33.3 Å². The highest BCUT2D eigenvalue weighted by molar-refractivity contribution is 4.46. The van der Waals surface area contributed by atoms with Crippen molar-refractivity contribution in [2.45, 2.75) is 20.3 Å². The Labute approximate surface area is 160 Å². The van der Waals surface area contributed by atoms with E-state index in [1.807, 2.05) is 14.1 Å². The molecule has 0 aromatic carbocycles. The first-order valence-corrected chi connectivity index (χ1v) is 9.78. The molecule has 0 saturated heterocycles. The van der Waals surface area contributed by atoms with Gasteiger partial charge in [0.25, 0.3) is 0 Å². The van der Waals surface area contributed by atoms with Crippen molar-refractivity contribution >= 4 is 0 Å². The van der Waals surface area contributed by atoms with Gasteiger partial charge in [0.2, 0.25) is 0 Å². The fraction of sp³-hybridized carbons (Fsp3) is 1.00. The summed E-state index contributed by atoms with van der Waals surface area (Å²) >= 11 is 0. The fourth-order valence-electron chi connectivity index (χ4n) is 1.75. The van der Waals surface area contributed by atoms with Crippen LogP contribution in [0.5, 0.6) is 0 Å². The Bertz CT molecular complexity index is 268. The van der Waals surface area contributed by atoms with Gasteiger partial charge in [0.15, 0.2) is 0 Å². The molecule has 0 amide bonds. The molecule has 0 aliphatic rings. The van der Waals surface area contributed by atoms with Crippen molar-refractivity contribution in [3.05, 3.63) is 0 Å². The molecule has 0 aliphatic carbocycles. The van der Waals surface area contributed by atoms with E-state index in [2.05, 4.69) is 18.7 Å². The van der Waals surface area contributed by atoms with Crippen molar-refractivity contribution in [2.24, 2.45) is 5.92 Å². The van der Waals surface area contributed by atoms with E-state index in [4.69, 9.17) is 28.4 Å². The maximum atomic E-state index is 5.51. The number of hydrogen-bond donors (Lipinski definition) is 0. The van der Waals surface area contributed by atoms with Crippen molar-refractivity contribution in [2.75, 3.05) is 99.9 Å². The van der Waals surface area contributed by atoms with Crippen LogP contribution in [-0.4, -0.2) is 105 Å². The van der Waals surface area contributed by atoms with Crippen LogP contribution in [0.1, 0.15) is 20.3 Å². The minimum absolute atomic E-state index is 0.570. The minimum atomic E-state index is 0.570. The molecule has 0 radical (unpaired) electrons. The third kappa shape index (κ3) is 21.8. The zero-order chi connectivity index (χ0) is 19.3. The molecule has 0 spiro atoms. The van der Waals surface area contributed by atoms with Crippen LogP contribution in [0.4, 0.5) is 0 Å². The summed E-state index contributed by atoms with van der Waals surface area (Å²) in [7, 11) is 4.05. The van der Waals surface area contributed by atoms with Crippen LogP contribution in [-0.2, 0) is 28.4 Å². The second kappa shape index (κ2) is 21.0. The van der Waals surface area contributed by atoms with Crippen LogP contribution < -0.4 is 0 Å². The first kappa shape index (κ1) is 25.7. The SMILES string of the molecule is CCC(C)COCCOCCOCCOCCOCCOCCN(C)C. The topological polar surface area (TPSA) is 58.6 Å². The van der Waals surface area contributed by atoms with Gasteiger partial charge in [0.05, 0.1) is 72.7 Å².